The minimum atomic E-state index is -0.998. The van der Waals surface area contributed by atoms with Gasteiger partial charge in [-0.1, -0.05) is 59.9 Å². The lowest BCUT2D eigenvalue weighted by atomic mass is 9.98. The molecule has 0 saturated carbocycles. The second-order valence-electron chi connectivity index (χ2n) is 6.88. The molecule has 0 unspecified atom stereocenters. The number of carboxylic acids is 1. The lowest BCUT2D eigenvalue weighted by Gasteiger charge is -2.14. The first-order valence-corrected chi connectivity index (χ1v) is 10.4. The van der Waals surface area contributed by atoms with Crippen LogP contribution in [0.25, 0.3) is 11.1 Å². The van der Waals surface area contributed by atoms with Gasteiger partial charge in [-0.2, -0.15) is 0 Å². The number of thiazole rings is 1. The lowest BCUT2D eigenvalue weighted by molar-refractivity contribution is -0.136. The van der Waals surface area contributed by atoms with E-state index in [9.17, 15) is 14.4 Å². The Morgan fingerprint density at radius 2 is 1.68 bits per heavy atom. The molecule has 0 atom stereocenters. The second-order valence-corrected chi connectivity index (χ2v) is 7.91. The van der Waals surface area contributed by atoms with Crippen molar-refractivity contribution in [3.05, 3.63) is 70.7 Å². The van der Waals surface area contributed by atoms with E-state index in [0.717, 1.165) is 33.6 Å². The second kappa shape index (κ2) is 8.97. The number of hydrogen-bond acceptors (Lipinski definition) is 6. The fraction of sp³-hybridized carbons (Fsp3) is 0.182. The molecule has 4 rings (SSSR count). The van der Waals surface area contributed by atoms with Crippen molar-refractivity contribution in [2.45, 2.75) is 12.3 Å². The average Bonchev–Trinajstić information content (AvgIpc) is 3.35. The third-order valence-electron chi connectivity index (χ3n) is 4.91. The molecular formula is C22H19N3O5S. The van der Waals surface area contributed by atoms with Crippen molar-refractivity contribution >= 4 is 34.4 Å². The number of carbonyl (C=O) groups excluding carboxylic acids is 2. The molecular weight excluding hydrogens is 418 g/mol. The van der Waals surface area contributed by atoms with Gasteiger partial charge >= 0.3 is 12.1 Å². The molecule has 9 heteroatoms. The molecule has 3 aromatic rings. The highest BCUT2D eigenvalue weighted by atomic mass is 32.1. The summed E-state index contributed by atoms with van der Waals surface area (Å²) in [5.41, 5.74) is 4.52. The van der Waals surface area contributed by atoms with E-state index in [1.807, 2.05) is 36.4 Å². The van der Waals surface area contributed by atoms with E-state index in [1.54, 1.807) is 0 Å². The Balaban J connectivity index is 1.35. The molecule has 8 nitrogen and oxygen atoms in total. The maximum atomic E-state index is 12.3. The maximum Gasteiger partial charge on any atom is 0.413 e. The predicted octanol–water partition coefficient (Wildman–Crippen LogP) is 3.71. The zero-order valence-electron chi connectivity index (χ0n) is 16.3. The smallest absolute Gasteiger partial charge is 0.413 e. The van der Waals surface area contributed by atoms with E-state index >= 15 is 0 Å². The van der Waals surface area contributed by atoms with Crippen molar-refractivity contribution in [1.29, 1.82) is 0 Å². The van der Waals surface area contributed by atoms with Crippen LogP contribution in [0.4, 0.5) is 9.93 Å². The molecule has 2 aromatic carbocycles. The fourth-order valence-electron chi connectivity index (χ4n) is 3.53. The van der Waals surface area contributed by atoms with Crippen LogP contribution < -0.4 is 10.6 Å². The summed E-state index contributed by atoms with van der Waals surface area (Å²) in [6.07, 6.45) is 0.490. The highest BCUT2D eigenvalue weighted by molar-refractivity contribution is 7.17. The van der Waals surface area contributed by atoms with Crippen molar-refractivity contribution < 1.29 is 24.2 Å². The Kier molecular flexibility index (Phi) is 5.94. The van der Waals surface area contributed by atoms with Crippen LogP contribution >= 0.6 is 11.3 Å². The van der Waals surface area contributed by atoms with E-state index in [-0.39, 0.29) is 35.5 Å². The van der Waals surface area contributed by atoms with Gasteiger partial charge in [-0.15, -0.1) is 0 Å². The molecule has 0 bridgehead atoms. The number of fused-ring (bicyclic) bond motifs is 3. The zero-order valence-corrected chi connectivity index (χ0v) is 17.1. The molecule has 1 aliphatic carbocycles. The molecule has 31 heavy (non-hydrogen) atoms. The van der Waals surface area contributed by atoms with Crippen LogP contribution in [0.3, 0.4) is 0 Å². The number of carbonyl (C=O) groups is 3. The van der Waals surface area contributed by atoms with E-state index < -0.39 is 18.0 Å². The third-order valence-corrected chi connectivity index (χ3v) is 5.82. The summed E-state index contributed by atoms with van der Waals surface area (Å²) in [5, 5.41) is 13.9. The highest BCUT2D eigenvalue weighted by Gasteiger charge is 2.29. The normalized spacial score (nSPS) is 12.0. The first kappa shape index (κ1) is 20.5. The van der Waals surface area contributed by atoms with E-state index in [1.165, 1.54) is 6.20 Å². The number of anilines is 1. The minimum Gasteiger partial charge on any atom is -0.481 e. The van der Waals surface area contributed by atoms with Gasteiger partial charge in [0.2, 0.25) is 0 Å². The minimum absolute atomic E-state index is 0.0151. The van der Waals surface area contributed by atoms with Crippen LogP contribution in [0, 0.1) is 0 Å². The molecule has 158 valence electrons. The van der Waals surface area contributed by atoms with Gasteiger partial charge < -0.3 is 15.2 Å². The number of nitrogens with one attached hydrogen (secondary N) is 2. The molecule has 0 fully saturated rings. The predicted molar refractivity (Wildman–Crippen MR) is 115 cm³/mol. The number of aliphatic carboxylic acids is 1. The monoisotopic (exact) mass is 437 g/mol. The van der Waals surface area contributed by atoms with Gasteiger partial charge in [0.25, 0.3) is 5.91 Å². The Labute approximate surface area is 181 Å². The van der Waals surface area contributed by atoms with Gasteiger partial charge in [0.1, 0.15) is 11.5 Å². The van der Waals surface area contributed by atoms with Crippen LogP contribution in [0.2, 0.25) is 0 Å². The quantitative estimate of drug-likeness (QED) is 0.519. The van der Waals surface area contributed by atoms with Crippen LogP contribution in [-0.2, 0) is 9.53 Å². The molecule has 0 aliphatic heterocycles. The van der Waals surface area contributed by atoms with Crippen molar-refractivity contribution in [2.24, 2.45) is 0 Å². The summed E-state index contributed by atoms with van der Waals surface area (Å²) in [6.45, 7) is 0.189. The number of amides is 2. The SMILES string of the molecule is O=C(O)CCNC(=O)c1cnc(NC(=O)OCC2c3ccccc3-c3ccccc32)s1. The van der Waals surface area contributed by atoms with Crippen LogP contribution in [0.1, 0.15) is 33.1 Å². The molecule has 0 radical (unpaired) electrons. The Morgan fingerprint density at radius 1 is 1.03 bits per heavy atom. The van der Waals surface area contributed by atoms with Gasteiger partial charge in [-0.3, -0.25) is 14.9 Å². The molecule has 1 heterocycles. The Bertz CT molecular complexity index is 1100. The largest absolute Gasteiger partial charge is 0.481 e. The summed E-state index contributed by atoms with van der Waals surface area (Å²) in [6, 6.07) is 16.1. The third kappa shape index (κ3) is 4.56. The summed E-state index contributed by atoms with van der Waals surface area (Å²) in [5.74, 6) is -1.49. The van der Waals surface area contributed by atoms with Gasteiger partial charge in [0.15, 0.2) is 5.13 Å². The molecule has 2 amide bonds. The number of aromatic nitrogens is 1. The number of rotatable bonds is 7. The summed E-state index contributed by atoms with van der Waals surface area (Å²) in [7, 11) is 0. The highest BCUT2D eigenvalue weighted by Crippen LogP contribution is 2.44. The number of hydrogen-bond donors (Lipinski definition) is 3. The number of carboxylic acid groups (broad SMARTS) is 1. The summed E-state index contributed by atoms with van der Waals surface area (Å²) in [4.78, 5) is 39.0. The molecule has 0 saturated heterocycles. The van der Waals surface area contributed by atoms with Gasteiger partial charge in [0.05, 0.1) is 12.6 Å². The van der Waals surface area contributed by atoms with Gasteiger partial charge in [-0.05, 0) is 22.3 Å². The maximum absolute atomic E-state index is 12.3. The number of benzene rings is 2. The van der Waals surface area contributed by atoms with Crippen LogP contribution in [-0.4, -0.2) is 41.2 Å². The Hall–Kier alpha value is -3.72. The van der Waals surface area contributed by atoms with Crippen LogP contribution in [0.15, 0.2) is 54.7 Å². The lowest BCUT2D eigenvalue weighted by Crippen LogP contribution is -2.25. The van der Waals surface area contributed by atoms with Gasteiger partial charge in [-0.25, -0.2) is 9.78 Å². The van der Waals surface area contributed by atoms with Crippen molar-refractivity contribution in [1.82, 2.24) is 10.3 Å². The number of nitrogens with zero attached hydrogens (tertiary/aromatic N) is 1. The fourth-order valence-corrected chi connectivity index (χ4v) is 4.25. The van der Waals surface area contributed by atoms with Crippen molar-refractivity contribution in [2.75, 3.05) is 18.5 Å². The van der Waals surface area contributed by atoms with E-state index in [4.69, 9.17) is 9.84 Å². The Morgan fingerprint density at radius 3 is 2.32 bits per heavy atom. The number of ether oxygens (including phenoxy) is 1. The first-order chi connectivity index (χ1) is 15.0. The first-order valence-electron chi connectivity index (χ1n) is 9.60. The van der Waals surface area contributed by atoms with Crippen molar-refractivity contribution in [3.63, 3.8) is 0 Å². The molecule has 3 N–H and O–H groups in total. The van der Waals surface area contributed by atoms with E-state index in [0.29, 0.717) is 0 Å². The molecule has 1 aromatic heterocycles. The topological polar surface area (TPSA) is 118 Å². The zero-order chi connectivity index (χ0) is 21.8. The van der Waals surface area contributed by atoms with Gasteiger partial charge in [0, 0.05) is 12.5 Å². The standard InChI is InChI=1S/C22H19N3O5S/c26-19(27)9-10-23-20(28)18-11-24-21(31-18)25-22(29)30-12-17-15-7-3-1-5-13(15)14-6-2-4-8-16(14)17/h1-8,11,17H,9-10,12H2,(H,23,28)(H,26,27)(H,24,25,29). The van der Waals surface area contributed by atoms with Crippen molar-refractivity contribution in [3.8, 4) is 11.1 Å². The van der Waals surface area contributed by atoms with Crippen LogP contribution in [0.5, 0.6) is 0 Å². The summed E-state index contributed by atoms with van der Waals surface area (Å²) >= 11 is 0.981. The molecule has 1 aliphatic rings. The van der Waals surface area contributed by atoms with E-state index in [2.05, 4.69) is 27.8 Å². The average molecular weight is 437 g/mol. The summed E-state index contributed by atoms with van der Waals surface area (Å²) < 4.78 is 5.46. The molecule has 0 spiro atoms.